The number of nitrogens with zero attached hydrogens (tertiary/aromatic N) is 2. The molecule has 6 nitrogen and oxygen atoms in total. The van der Waals surface area contributed by atoms with Gasteiger partial charge in [0, 0.05) is 0 Å². The van der Waals surface area contributed by atoms with Gasteiger partial charge in [-0.25, -0.2) is 22.6 Å². The van der Waals surface area contributed by atoms with Gasteiger partial charge in [0.05, 0.1) is 33.3 Å². The molecule has 1 aromatic heterocycles. The summed E-state index contributed by atoms with van der Waals surface area (Å²) in [4.78, 5) is 24.5. The van der Waals surface area contributed by atoms with Gasteiger partial charge >= 0.3 is 5.97 Å². The molecule has 0 spiro atoms. The van der Waals surface area contributed by atoms with Gasteiger partial charge in [-0.1, -0.05) is 11.6 Å². The van der Waals surface area contributed by atoms with Crippen LogP contribution in [0.4, 0.5) is 18.9 Å². The average Bonchev–Trinajstić information content (AvgIpc) is 3.01. The van der Waals surface area contributed by atoms with Crippen LogP contribution in [0.3, 0.4) is 0 Å². The number of hydrogen-bond donors (Lipinski definition) is 1. The first-order valence-corrected chi connectivity index (χ1v) is 9.45. The molecule has 0 aliphatic rings. The lowest BCUT2D eigenvalue weighted by Gasteiger charge is -2.14. The SMILES string of the molecule is Cc1nn(-c2ccc(C(=O)O[C@@H](C)C(=O)Nc3ccc(F)c(F)c3F)cc2)c(C)c1Cl. The van der Waals surface area contributed by atoms with E-state index in [1.54, 1.807) is 30.7 Å². The van der Waals surface area contributed by atoms with Crippen LogP contribution in [0.1, 0.15) is 28.7 Å². The molecule has 10 heteroatoms. The number of benzene rings is 2. The fraction of sp³-hybridized carbons (Fsp3) is 0.190. The number of carbonyl (C=O) groups is 2. The second-order valence-corrected chi connectivity index (χ2v) is 7.08. The zero-order valence-electron chi connectivity index (χ0n) is 16.7. The van der Waals surface area contributed by atoms with Crippen LogP contribution in [-0.2, 0) is 9.53 Å². The minimum atomic E-state index is -1.72. The van der Waals surface area contributed by atoms with Crippen molar-refractivity contribution in [2.45, 2.75) is 26.9 Å². The Balaban J connectivity index is 1.67. The topological polar surface area (TPSA) is 73.2 Å². The zero-order chi connectivity index (χ0) is 22.9. The second kappa shape index (κ2) is 8.81. The number of halogens is 4. The van der Waals surface area contributed by atoms with E-state index in [1.807, 2.05) is 0 Å². The molecule has 0 aliphatic heterocycles. The van der Waals surface area contributed by atoms with Crippen molar-refractivity contribution in [2.24, 2.45) is 0 Å². The highest BCUT2D eigenvalue weighted by Gasteiger charge is 2.22. The number of aryl methyl sites for hydroxylation is 1. The molecular weight excluding hydrogens is 435 g/mol. The third kappa shape index (κ3) is 4.56. The molecule has 0 bridgehead atoms. The van der Waals surface area contributed by atoms with Gasteiger partial charge in [-0.05, 0) is 57.2 Å². The number of carbonyl (C=O) groups excluding carboxylic acids is 2. The van der Waals surface area contributed by atoms with E-state index in [4.69, 9.17) is 16.3 Å². The van der Waals surface area contributed by atoms with Crippen molar-refractivity contribution in [3.63, 3.8) is 0 Å². The van der Waals surface area contributed by atoms with Gasteiger partial charge in [0.25, 0.3) is 5.91 Å². The van der Waals surface area contributed by atoms with Gasteiger partial charge in [-0.15, -0.1) is 0 Å². The van der Waals surface area contributed by atoms with E-state index in [2.05, 4.69) is 10.4 Å². The van der Waals surface area contributed by atoms with Crippen LogP contribution in [0.2, 0.25) is 5.02 Å². The third-order valence-corrected chi connectivity index (χ3v) is 5.04. The molecule has 1 atom stereocenters. The quantitative estimate of drug-likeness (QED) is 0.449. The lowest BCUT2D eigenvalue weighted by Crippen LogP contribution is -2.30. The van der Waals surface area contributed by atoms with E-state index in [1.165, 1.54) is 19.1 Å². The first-order valence-electron chi connectivity index (χ1n) is 9.07. The van der Waals surface area contributed by atoms with Crippen molar-refractivity contribution in [3.8, 4) is 5.69 Å². The number of ether oxygens (including phenoxy) is 1. The minimum Gasteiger partial charge on any atom is -0.449 e. The highest BCUT2D eigenvalue weighted by Crippen LogP contribution is 2.23. The molecule has 31 heavy (non-hydrogen) atoms. The number of amides is 1. The second-order valence-electron chi connectivity index (χ2n) is 6.70. The van der Waals surface area contributed by atoms with Gasteiger partial charge in [-0.2, -0.15) is 5.10 Å². The number of rotatable bonds is 5. The molecule has 0 saturated carbocycles. The predicted octanol–water partition coefficient (Wildman–Crippen LogP) is 4.74. The smallest absolute Gasteiger partial charge is 0.338 e. The average molecular weight is 452 g/mol. The summed E-state index contributed by atoms with van der Waals surface area (Å²) < 4.78 is 46.7. The van der Waals surface area contributed by atoms with Crippen LogP contribution < -0.4 is 5.32 Å². The molecule has 3 rings (SSSR count). The van der Waals surface area contributed by atoms with Crippen molar-refractivity contribution < 1.29 is 27.5 Å². The Morgan fingerprint density at radius 1 is 1.06 bits per heavy atom. The highest BCUT2D eigenvalue weighted by molar-refractivity contribution is 6.31. The van der Waals surface area contributed by atoms with Crippen LogP contribution in [0.5, 0.6) is 0 Å². The van der Waals surface area contributed by atoms with E-state index >= 15 is 0 Å². The third-order valence-electron chi connectivity index (χ3n) is 4.50. The summed E-state index contributed by atoms with van der Waals surface area (Å²) in [7, 11) is 0. The molecule has 3 aromatic rings. The Bertz CT molecular complexity index is 1160. The zero-order valence-corrected chi connectivity index (χ0v) is 17.4. The lowest BCUT2D eigenvalue weighted by atomic mass is 10.2. The number of nitrogens with one attached hydrogen (secondary N) is 1. The van der Waals surface area contributed by atoms with E-state index in [9.17, 15) is 22.8 Å². The van der Waals surface area contributed by atoms with E-state index in [0.29, 0.717) is 22.5 Å². The van der Waals surface area contributed by atoms with Crippen LogP contribution in [0.25, 0.3) is 5.69 Å². The van der Waals surface area contributed by atoms with Crippen molar-refractivity contribution in [2.75, 3.05) is 5.32 Å². The van der Waals surface area contributed by atoms with Gasteiger partial charge in [-0.3, -0.25) is 4.79 Å². The van der Waals surface area contributed by atoms with Crippen LogP contribution in [-0.4, -0.2) is 27.8 Å². The number of aromatic nitrogens is 2. The molecule has 2 aromatic carbocycles. The maximum Gasteiger partial charge on any atom is 0.338 e. The van der Waals surface area contributed by atoms with E-state index < -0.39 is 41.1 Å². The Labute approximate surface area is 180 Å². The van der Waals surface area contributed by atoms with Crippen molar-refractivity contribution >= 4 is 29.2 Å². The molecule has 0 unspecified atom stereocenters. The molecule has 1 N–H and O–H groups in total. The lowest BCUT2D eigenvalue weighted by molar-refractivity contribution is -0.123. The maximum atomic E-state index is 13.7. The Hall–Kier alpha value is -3.33. The van der Waals surface area contributed by atoms with Crippen LogP contribution in [0, 0.1) is 31.3 Å². The molecule has 1 heterocycles. The van der Waals surface area contributed by atoms with E-state index in [0.717, 1.165) is 11.8 Å². The Kier molecular flexibility index (Phi) is 6.35. The summed E-state index contributed by atoms with van der Waals surface area (Å²) in [5, 5.41) is 6.92. The summed E-state index contributed by atoms with van der Waals surface area (Å²) in [6, 6.07) is 7.78. The molecule has 1 amide bonds. The largest absolute Gasteiger partial charge is 0.449 e. The molecule has 0 saturated heterocycles. The maximum absolute atomic E-state index is 13.7. The molecule has 162 valence electrons. The monoisotopic (exact) mass is 451 g/mol. The van der Waals surface area contributed by atoms with Crippen LogP contribution in [0.15, 0.2) is 36.4 Å². The minimum absolute atomic E-state index is 0.162. The number of esters is 1. The summed E-state index contributed by atoms with van der Waals surface area (Å²) in [6.45, 7) is 4.84. The van der Waals surface area contributed by atoms with Crippen molar-refractivity contribution in [1.29, 1.82) is 0 Å². The summed E-state index contributed by atoms with van der Waals surface area (Å²) in [6.07, 6.45) is -1.32. The van der Waals surface area contributed by atoms with Gasteiger partial charge in [0.2, 0.25) is 0 Å². The van der Waals surface area contributed by atoms with Gasteiger partial charge in [0.1, 0.15) is 0 Å². The molecule has 0 radical (unpaired) electrons. The van der Waals surface area contributed by atoms with E-state index in [-0.39, 0.29) is 5.56 Å². The standard InChI is InChI=1S/C21H17ClF3N3O3/c1-10-17(22)11(2)28(27-10)14-6-4-13(5-7-14)21(30)31-12(3)20(29)26-16-9-8-15(23)18(24)19(16)25/h4-9,12H,1-3H3,(H,26,29)/t12-/m0/s1. The van der Waals surface area contributed by atoms with Gasteiger partial charge in [0.15, 0.2) is 23.6 Å². The van der Waals surface area contributed by atoms with Crippen molar-refractivity contribution in [1.82, 2.24) is 9.78 Å². The summed E-state index contributed by atoms with van der Waals surface area (Å²) in [5.74, 6) is -6.36. The highest BCUT2D eigenvalue weighted by atomic mass is 35.5. The molecule has 0 aliphatic carbocycles. The molecule has 0 fully saturated rings. The number of hydrogen-bond acceptors (Lipinski definition) is 4. The predicted molar refractivity (Wildman–Crippen MR) is 108 cm³/mol. The summed E-state index contributed by atoms with van der Waals surface area (Å²) in [5.41, 5.74) is 1.67. The Morgan fingerprint density at radius 3 is 2.29 bits per heavy atom. The first kappa shape index (κ1) is 22.4. The Morgan fingerprint density at radius 2 is 1.71 bits per heavy atom. The van der Waals surface area contributed by atoms with Crippen LogP contribution >= 0.6 is 11.6 Å². The first-order chi connectivity index (χ1) is 14.6. The summed E-state index contributed by atoms with van der Waals surface area (Å²) >= 11 is 6.14. The number of anilines is 1. The van der Waals surface area contributed by atoms with Gasteiger partial charge < -0.3 is 10.1 Å². The normalized spacial score (nSPS) is 11.8. The molecular formula is C21H17ClF3N3O3. The van der Waals surface area contributed by atoms with Crippen molar-refractivity contribution in [3.05, 3.63) is 75.8 Å². The fourth-order valence-corrected chi connectivity index (χ4v) is 2.87. The fourth-order valence-electron chi connectivity index (χ4n) is 2.75.